The third-order valence-electron chi connectivity index (χ3n) is 3.29. The van der Waals surface area contributed by atoms with Crippen LogP contribution >= 0.6 is 0 Å². The van der Waals surface area contributed by atoms with Gasteiger partial charge in [-0.3, -0.25) is 4.79 Å². The molecule has 0 bridgehead atoms. The molecule has 1 aromatic heterocycles. The number of benzene rings is 2. The van der Waals surface area contributed by atoms with Gasteiger partial charge in [0.15, 0.2) is 6.29 Å². The van der Waals surface area contributed by atoms with Crippen molar-refractivity contribution in [2.75, 3.05) is 0 Å². The summed E-state index contributed by atoms with van der Waals surface area (Å²) in [6.45, 7) is 1.92. The highest BCUT2D eigenvalue weighted by Crippen LogP contribution is 2.31. The average Bonchev–Trinajstić information content (AvgIpc) is 2.77. The van der Waals surface area contributed by atoms with Gasteiger partial charge in [0.2, 0.25) is 0 Å². The van der Waals surface area contributed by atoms with Gasteiger partial charge in [-0.2, -0.15) is 0 Å². The molecule has 0 amide bonds. The first kappa shape index (κ1) is 12.5. The Bertz CT molecular complexity index is 821. The van der Waals surface area contributed by atoms with Crippen LogP contribution in [0.5, 0.6) is 0 Å². The molecule has 20 heavy (non-hydrogen) atoms. The van der Waals surface area contributed by atoms with Crippen LogP contribution < -0.4 is 0 Å². The number of aromatic nitrogens is 1. The van der Waals surface area contributed by atoms with Crippen LogP contribution in [-0.2, 0) is 0 Å². The summed E-state index contributed by atoms with van der Waals surface area (Å²) in [4.78, 5) is 14.2. The predicted octanol–water partition coefficient (Wildman–Crippen LogP) is 4.23. The number of aldehydes is 1. The number of aryl methyl sites for hydroxylation is 1. The highest BCUT2D eigenvalue weighted by Gasteiger charge is 2.16. The lowest BCUT2D eigenvalue weighted by Gasteiger charge is -2.01. The number of fused-ring (bicyclic) bond motifs is 1. The number of nitrogens with one attached hydrogen (secondary N) is 1. The van der Waals surface area contributed by atoms with Crippen LogP contribution in [0.25, 0.3) is 22.2 Å². The molecule has 4 heteroatoms. The third kappa shape index (κ3) is 1.90. The van der Waals surface area contributed by atoms with Gasteiger partial charge in [0.1, 0.15) is 11.6 Å². The van der Waals surface area contributed by atoms with Crippen LogP contribution in [0.1, 0.15) is 15.9 Å². The molecular formula is C16H11F2NO. The summed E-state index contributed by atoms with van der Waals surface area (Å²) in [6, 6.07) is 9.44. The lowest BCUT2D eigenvalue weighted by Crippen LogP contribution is -1.85. The summed E-state index contributed by atoms with van der Waals surface area (Å²) in [5.74, 6) is -1.41. The largest absolute Gasteiger partial charge is 0.352 e. The Labute approximate surface area is 114 Å². The van der Waals surface area contributed by atoms with Gasteiger partial charge in [0, 0.05) is 17.0 Å². The van der Waals surface area contributed by atoms with E-state index in [1.807, 2.05) is 31.2 Å². The van der Waals surface area contributed by atoms with E-state index in [9.17, 15) is 13.6 Å². The number of H-pyrrole nitrogens is 1. The number of hydrogen-bond donors (Lipinski definition) is 1. The second kappa shape index (κ2) is 4.56. The second-order valence-electron chi connectivity index (χ2n) is 4.71. The van der Waals surface area contributed by atoms with Gasteiger partial charge in [-0.05, 0) is 24.6 Å². The van der Waals surface area contributed by atoms with E-state index in [-0.39, 0.29) is 16.5 Å². The molecule has 0 unspecified atom stereocenters. The zero-order valence-electron chi connectivity index (χ0n) is 10.7. The van der Waals surface area contributed by atoms with Gasteiger partial charge in [0.05, 0.1) is 11.2 Å². The summed E-state index contributed by atoms with van der Waals surface area (Å²) in [6.07, 6.45) is 0.620. The Hall–Kier alpha value is -2.49. The molecule has 0 spiro atoms. The van der Waals surface area contributed by atoms with Crippen LogP contribution in [0.2, 0.25) is 0 Å². The number of hydrogen-bond acceptors (Lipinski definition) is 1. The molecule has 0 saturated carbocycles. The van der Waals surface area contributed by atoms with Gasteiger partial charge in [-0.15, -0.1) is 0 Å². The van der Waals surface area contributed by atoms with Gasteiger partial charge in [-0.1, -0.05) is 23.8 Å². The number of rotatable bonds is 2. The van der Waals surface area contributed by atoms with Crippen LogP contribution in [0.4, 0.5) is 8.78 Å². The molecule has 0 radical (unpaired) electrons. The monoisotopic (exact) mass is 271 g/mol. The van der Waals surface area contributed by atoms with Crippen LogP contribution in [-0.4, -0.2) is 11.3 Å². The molecular weight excluding hydrogens is 260 g/mol. The molecule has 100 valence electrons. The fraction of sp³-hybridized carbons (Fsp3) is 0.0625. The van der Waals surface area contributed by atoms with Crippen molar-refractivity contribution in [3.8, 4) is 11.3 Å². The highest BCUT2D eigenvalue weighted by atomic mass is 19.1. The van der Waals surface area contributed by atoms with Crippen molar-refractivity contribution in [2.24, 2.45) is 0 Å². The number of carbonyl (C=O) groups excluding carboxylic acids is 1. The molecule has 0 atom stereocenters. The Kier molecular flexibility index (Phi) is 2.86. The van der Waals surface area contributed by atoms with Crippen molar-refractivity contribution in [1.82, 2.24) is 4.98 Å². The standard InChI is InChI=1S/C16H11F2NO/c1-9-3-2-4-10(5-9)15-13(8-20)12-6-11(17)7-14(18)16(12)19-15/h2-8,19H,1H3. The van der Waals surface area contributed by atoms with Crippen molar-refractivity contribution in [3.05, 3.63) is 59.2 Å². The number of aromatic amines is 1. The van der Waals surface area contributed by atoms with Crippen molar-refractivity contribution < 1.29 is 13.6 Å². The molecule has 0 saturated heterocycles. The van der Waals surface area contributed by atoms with E-state index >= 15 is 0 Å². The van der Waals surface area contributed by atoms with Crippen LogP contribution in [0.3, 0.4) is 0 Å². The fourth-order valence-corrected chi connectivity index (χ4v) is 2.39. The fourth-order valence-electron chi connectivity index (χ4n) is 2.39. The summed E-state index contributed by atoms with van der Waals surface area (Å²) in [5, 5.41) is 0.258. The molecule has 1 heterocycles. The minimum absolute atomic E-state index is 0.144. The number of halogens is 2. The van der Waals surface area contributed by atoms with Gasteiger partial charge in [-0.25, -0.2) is 8.78 Å². The number of carbonyl (C=O) groups is 1. The Morgan fingerprint density at radius 1 is 1.15 bits per heavy atom. The maximum atomic E-state index is 13.8. The van der Waals surface area contributed by atoms with Gasteiger partial charge < -0.3 is 4.98 Å². The minimum Gasteiger partial charge on any atom is -0.352 e. The van der Waals surface area contributed by atoms with E-state index in [0.29, 0.717) is 12.0 Å². The first-order valence-corrected chi connectivity index (χ1v) is 6.13. The maximum absolute atomic E-state index is 13.8. The zero-order valence-corrected chi connectivity index (χ0v) is 10.7. The molecule has 0 aliphatic heterocycles. The molecule has 0 aliphatic carbocycles. The normalized spacial score (nSPS) is 10.9. The third-order valence-corrected chi connectivity index (χ3v) is 3.29. The Morgan fingerprint density at radius 3 is 2.65 bits per heavy atom. The first-order valence-electron chi connectivity index (χ1n) is 6.13. The molecule has 3 aromatic rings. The summed E-state index contributed by atoms with van der Waals surface area (Å²) in [7, 11) is 0. The van der Waals surface area contributed by atoms with E-state index in [1.165, 1.54) is 0 Å². The Balaban J connectivity index is 2.37. The average molecular weight is 271 g/mol. The molecule has 2 nitrogen and oxygen atoms in total. The minimum atomic E-state index is -0.706. The topological polar surface area (TPSA) is 32.9 Å². The predicted molar refractivity (Wildman–Crippen MR) is 73.8 cm³/mol. The summed E-state index contributed by atoms with van der Waals surface area (Å²) < 4.78 is 27.1. The van der Waals surface area contributed by atoms with E-state index in [1.54, 1.807) is 0 Å². The lowest BCUT2D eigenvalue weighted by atomic mass is 10.0. The smallest absolute Gasteiger partial charge is 0.152 e. The highest BCUT2D eigenvalue weighted by molar-refractivity contribution is 6.04. The van der Waals surface area contributed by atoms with Crippen molar-refractivity contribution in [2.45, 2.75) is 6.92 Å². The Morgan fingerprint density at radius 2 is 1.95 bits per heavy atom. The van der Waals surface area contributed by atoms with Gasteiger partial charge in [0.25, 0.3) is 0 Å². The van der Waals surface area contributed by atoms with Crippen LogP contribution in [0, 0.1) is 18.6 Å². The van der Waals surface area contributed by atoms with Crippen LogP contribution in [0.15, 0.2) is 36.4 Å². The van der Waals surface area contributed by atoms with Gasteiger partial charge >= 0.3 is 0 Å². The summed E-state index contributed by atoms with van der Waals surface area (Å²) >= 11 is 0. The molecule has 0 fully saturated rings. The van der Waals surface area contributed by atoms with E-state index in [0.717, 1.165) is 23.3 Å². The first-order chi connectivity index (χ1) is 9.60. The zero-order chi connectivity index (χ0) is 14.3. The second-order valence-corrected chi connectivity index (χ2v) is 4.71. The van der Waals surface area contributed by atoms with E-state index in [2.05, 4.69) is 4.98 Å². The molecule has 1 N–H and O–H groups in total. The molecule has 3 rings (SSSR count). The molecule has 2 aromatic carbocycles. The summed E-state index contributed by atoms with van der Waals surface area (Å²) in [5.41, 5.74) is 2.70. The lowest BCUT2D eigenvalue weighted by molar-refractivity contribution is 0.112. The molecule has 0 aliphatic rings. The quantitative estimate of drug-likeness (QED) is 0.695. The van der Waals surface area contributed by atoms with Crippen molar-refractivity contribution in [1.29, 1.82) is 0 Å². The van der Waals surface area contributed by atoms with Crippen molar-refractivity contribution in [3.63, 3.8) is 0 Å². The SMILES string of the molecule is Cc1cccc(-c2[nH]c3c(F)cc(F)cc3c2C=O)c1. The van der Waals surface area contributed by atoms with E-state index < -0.39 is 11.6 Å². The maximum Gasteiger partial charge on any atom is 0.152 e. The van der Waals surface area contributed by atoms with E-state index in [4.69, 9.17) is 0 Å². The van der Waals surface area contributed by atoms with Crippen molar-refractivity contribution >= 4 is 17.2 Å².